The summed E-state index contributed by atoms with van der Waals surface area (Å²) in [7, 11) is 0. The van der Waals surface area contributed by atoms with E-state index in [2.05, 4.69) is 121 Å². The predicted octanol–water partition coefficient (Wildman–Crippen LogP) is 10.0. The molecule has 9 rings (SSSR count). The highest BCUT2D eigenvalue weighted by molar-refractivity contribution is 5.90. The lowest BCUT2D eigenvalue weighted by molar-refractivity contribution is 0.435. The summed E-state index contributed by atoms with van der Waals surface area (Å²) in [6.45, 7) is 0. The lowest BCUT2D eigenvalue weighted by Crippen LogP contribution is -2.33. The normalized spacial score (nSPS) is 17.5. The van der Waals surface area contributed by atoms with Crippen molar-refractivity contribution in [2.24, 2.45) is 0 Å². The van der Waals surface area contributed by atoms with Gasteiger partial charge in [-0.3, -0.25) is 0 Å². The van der Waals surface area contributed by atoms with Crippen LogP contribution in [0.2, 0.25) is 0 Å². The summed E-state index contributed by atoms with van der Waals surface area (Å²) in [5.41, 5.74) is 12.2. The van der Waals surface area contributed by atoms with Crippen molar-refractivity contribution in [2.75, 3.05) is 0 Å². The monoisotopic (exact) mass is 564 g/mol. The zero-order chi connectivity index (χ0) is 29.1. The van der Waals surface area contributed by atoms with Gasteiger partial charge in [0.15, 0.2) is 5.82 Å². The number of ether oxygens (including phenoxy) is 1. The van der Waals surface area contributed by atoms with Gasteiger partial charge in [-0.2, -0.15) is 0 Å². The Kier molecular flexibility index (Phi) is 5.54. The molecule has 0 fully saturated rings. The van der Waals surface area contributed by atoms with Crippen molar-refractivity contribution in [3.05, 3.63) is 173 Å². The smallest absolute Gasteiger partial charge is 0.160 e. The minimum Gasteiger partial charge on any atom is -0.457 e. The first kappa shape index (κ1) is 25.0. The van der Waals surface area contributed by atoms with E-state index in [0.717, 1.165) is 58.0 Å². The largest absolute Gasteiger partial charge is 0.457 e. The molecule has 1 unspecified atom stereocenters. The Balaban J connectivity index is 1.31. The number of aromatic nitrogens is 2. The van der Waals surface area contributed by atoms with E-state index in [1.54, 1.807) is 0 Å². The topological polar surface area (TPSA) is 35.0 Å². The third-order valence-electron chi connectivity index (χ3n) is 9.25. The van der Waals surface area contributed by atoms with E-state index in [-0.39, 0.29) is 0 Å². The fraction of sp³-hybridized carbons (Fsp3) is 0.0732. The summed E-state index contributed by atoms with van der Waals surface area (Å²) in [5, 5.41) is 0. The fourth-order valence-corrected chi connectivity index (χ4v) is 7.36. The SMILES string of the molecule is C1=CC2=C(CC1)c1ccccc1C21c2ccccc2Oc2ccc(-c3cc(-c4ccccc4)nc(-c4ccccc4)n3)cc21. The highest BCUT2D eigenvalue weighted by atomic mass is 16.5. The minimum absolute atomic E-state index is 0.472. The molecule has 0 saturated heterocycles. The summed E-state index contributed by atoms with van der Waals surface area (Å²) >= 11 is 0. The number of rotatable bonds is 3. The van der Waals surface area contributed by atoms with Crippen LogP contribution in [0.1, 0.15) is 35.1 Å². The van der Waals surface area contributed by atoms with Crippen molar-refractivity contribution in [1.82, 2.24) is 9.97 Å². The first-order valence-electron chi connectivity index (χ1n) is 15.2. The second-order valence-corrected chi connectivity index (χ2v) is 11.6. The molecule has 0 bridgehead atoms. The average Bonchev–Trinajstić information content (AvgIpc) is 3.40. The average molecular weight is 565 g/mol. The van der Waals surface area contributed by atoms with Gasteiger partial charge in [0, 0.05) is 27.8 Å². The summed E-state index contributed by atoms with van der Waals surface area (Å²) in [4.78, 5) is 10.2. The lowest BCUT2D eigenvalue weighted by Gasteiger charge is -2.40. The molecule has 0 saturated carbocycles. The number of hydrogen-bond donors (Lipinski definition) is 0. The van der Waals surface area contributed by atoms with Crippen LogP contribution >= 0.6 is 0 Å². The zero-order valence-corrected chi connectivity index (χ0v) is 24.1. The van der Waals surface area contributed by atoms with Gasteiger partial charge in [0.05, 0.1) is 16.8 Å². The van der Waals surface area contributed by atoms with Crippen molar-refractivity contribution in [3.8, 4) is 45.4 Å². The summed E-state index contributed by atoms with van der Waals surface area (Å²) < 4.78 is 6.66. The Labute approximate surface area is 256 Å². The molecule has 3 aliphatic rings. The van der Waals surface area contributed by atoms with Gasteiger partial charge < -0.3 is 4.74 Å². The number of nitrogens with zero attached hydrogens (tertiary/aromatic N) is 2. The molecule has 5 aromatic carbocycles. The zero-order valence-electron chi connectivity index (χ0n) is 24.1. The van der Waals surface area contributed by atoms with E-state index in [1.807, 2.05) is 24.3 Å². The quantitative estimate of drug-likeness (QED) is 0.215. The van der Waals surface area contributed by atoms with Gasteiger partial charge in [-0.1, -0.05) is 115 Å². The molecular formula is C41H28N2O. The van der Waals surface area contributed by atoms with Gasteiger partial charge in [0.2, 0.25) is 0 Å². The van der Waals surface area contributed by atoms with E-state index in [1.165, 1.54) is 27.8 Å². The molecule has 3 heteroatoms. The van der Waals surface area contributed by atoms with Gasteiger partial charge in [-0.25, -0.2) is 9.97 Å². The molecule has 6 aromatic rings. The lowest BCUT2D eigenvalue weighted by atomic mass is 9.64. The number of para-hydroxylation sites is 1. The molecule has 0 amide bonds. The Morgan fingerprint density at radius 3 is 2.02 bits per heavy atom. The van der Waals surface area contributed by atoms with Crippen LogP contribution in [-0.2, 0) is 5.41 Å². The molecule has 1 atom stereocenters. The number of benzene rings is 5. The highest BCUT2D eigenvalue weighted by Crippen LogP contribution is 2.62. The second kappa shape index (κ2) is 9.75. The van der Waals surface area contributed by atoms with Crippen LogP contribution in [0.25, 0.3) is 39.5 Å². The Morgan fingerprint density at radius 2 is 1.20 bits per heavy atom. The first-order chi connectivity index (χ1) is 21.8. The van der Waals surface area contributed by atoms with Crippen molar-refractivity contribution < 1.29 is 4.74 Å². The van der Waals surface area contributed by atoms with Crippen LogP contribution in [-0.4, -0.2) is 9.97 Å². The van der Waals surface area contributed by atoms with Gasteiger partial charge in [-0.15, -0.1) is 0 Å². The molecule has 2 heterocycles. The van der Waals surface area contributed by atoms with E-state index < -0.39 is 5.41 Å². The van der Waals surface area contributed by atoms with Crippen molar-refractivity contribution >= 4 is 5.57 Å². The molecule has 3 nitrogen and oxygen atoms in total. The predicted molar refractivity (Wildman–Crippen MR) is 176 cm³/mol. The molecule has 208 valence electrons. The summed E-state index contributed by atoms with van der Waals surface area (Å²) in [6.07, 6.45) is 6.79. The van der Waals surface area contributed by atoms with Crippen molar-refractivity contribution in [3.63, 3.8) is 0 Å². The molecule has 44 heavy (non-hydrogen) atoms. The third-order valence-corrected chi connectivity index (χ3v) is 9.25. The maximum absolute atomic E-state index is 6.66. The van der Waals surface area contributed by atoms with Crippen LogP contribution in [0.15, 0.2) is 151 Å². The fourth-order valence-electron chi connectivity index (χ4n) is 7.36. The number of allylic oxidation sites excluding steroid dienone is 4. The van der Waals surface area contributed by atoms with Gasteiger partial charge in [0.1, 0.15) is 11.5 Å². The van der Waals surface area contributed by atoms with Crippen LogP contribution < -0.4 is 4.74 Å². The molecule has 0 N–H and O–H groups in total. The van der Waals surface area contributed by atoms with Crippen LogP contribution in [0.4, 0.5) is 0 Å². The minimum atomic E-state index is -0.472. The Hall–Kier alpha value is -5.54. The summed E-state index contributed by atoms with van der Waals surface area (Å²) in [6, 6.07) is 46.8. The maximum Gasteiger partial charge on any atom is 0.160 e. The summed E-state index contributed by atoms with van der Waals surface area (Å²) in [5.74, 6) is 2.51. The molecule has 0 radical (unpaired) electrons. The maximum atomic E-state index is 6.66. The van der Waals surface area contributed by atoms with Crippen LogP contribution in [0, 0.1) is 0 Å². The molecule has 2 aliphatic carbocycles. The van der Waals surface area contributed by atoms with E-state index >= 15 is 0 Å². The van der Waals surface area contributed by atoms with Crippen LogP contribution in [0.3, 0.4) is 0 Å². The number of hydrogen-bond acceptors (Lipinski definition) is 3. The van der Waals surface area contributed by atoms with E-state index in [9.17, 15) is 0 Å². The molecule has 1 spiro atoms. The van der Waals surface area contributed by atoms with E-state index in [4.69, 9.17) is 14.7 Å². The van der Waals surface area contributed by atoms with Crippen molar-refractivity contribution in [2.45, 2.75) is 18.3 Å². The third kappa shape index (κ3) is 3.62. The van der Waals surface area contributed by atoms with Gasteiger partial charge in [0.25, 0.3) is 0 Å². The molecular weight excluding hydrogens is 536 g/mol. The highest BCUT2D eigenvalue weighted by Gasteiger charge is 2.51. The van der Waals surface area contributed by atoms with E-state index in [0.29, 0.717) is 5.82 Å². The molecule has 1 aromatic heterocycles. The molecule has 1 aliphatic heterocycles. The Bertz CT molecular complexity index is 2090. The Morgan fingerprint density at radius 1 is 0.545 bits per heavy atom. The second-order valence-electron chi connectivity index (χ2n) is 11.6. The first-order valence-corrected chi connectivity index (χ1v) is 15.2. The van der Waals surface area contributed by atoms with Crippen LogP contribution in [0.5, 0.6) is 11.5 Å². The standard InChI is InChI=1S/C41H28N2O/c1-3-13-27(14-4-1)36-26-37(43-40(42-36)28-15-5-2-6-16-28)29-23-24-39-35(25-29)41(34-21-11-12-22-38(34)44-39)32-19-9-7-17-30(32)31-18-8-10-20-33(31)41/h1-7,9-17,19-26H,8,18H2. The number of fused-ring (bicyclic) bond motifs is 8. The van der Waals surface area contributed by atoms with Gasteiger partial charge in [-0.05, 0) is 65.4 Å². The van der Waals surface area contributed by atoms with Gasteiger partial charge >= 0.3 is 0 Å². The van der Waals surface area contributed by atoms with Crippen molar-refractivity contribution in [1.29, 1.82) is 0 Å².